The van der Waals surface area contributed by atoms with Crippen LogP contribution >= 0.6 is 0 Å². The number of nitrogens with one attached hydrogen (secondary N) is 1. The minimum atomic E-state index is -0.235. The monoisotopic (exact) mass is 262 g/mol. The van der Waals surface area contributed by atoms with Crippen molar-refractivity contribution in [1.29, 1.82) is 0 Å². The first-order valence-corrected chi connectivity index (χ1v) is 6.85. The highest BCUT2D eigenvalue weighted by Gasteiger charge is 2.29. The molecule has 0 radical (unpaired) electrons. The molecule has 4 heteroatoms. The molecule has 0 aliphatic heterocycles. The van der Waals surface area contributed by atoms with Crippen LogP contribution in [-0.4, -0.2) is 0 Å². The summed E-state index contributed by atoms with van der Waals surface area (Å²) in [6, 6.07) is 4.66. The Morgan fingerprint density at radius 1 is 1.37 bits per heavy atom. The molecule has 1 aliphatic rings. The summed E-state index contributed by atoms with van der Waals surface area (Å²) in [4.78, 5) is 0. The van der Waals surface area contributed by atoms with Gasteiger partial charge in [-0.25, -0.2) is 9.82 Å². The van der Waals surface area contributed by atoms with Gasteiger partial charge in [0.25, 0.3) is 0 Å². The van der Waals surface area contributed by atoms with Crippen molar-refractivity contribution < 1.29 is 8.81 Å². The molecule has 3 nitrogen and oxygen atoms in total. The zero-order valence-corrected chi connectivity index (χ0v) is 11.1. The van der Waals surface area contributed by atoms with Crippen LogP contribution in [0.15, 0.2) is 22.6 Å². The molecule has 1 atom stereocenters. The number of fused-ring (bicyclic) bond motifs is 1. The summed E-state index contributed by atoms with van der Waals surface area (Å²) in [5, 5.41) is 0.841. The zero-order chi connectivity index (χ0) is 13.4. The first-order chi connectivity index (χ1) is 9.20. The Kier molecular flexibility index (Phi) is 3.29. The maximum absolute atomic E-state index is 13.3. The van der Waals surface area contributed by atoms with Crippen LogP contribution in [0.2, 0.25) is 0 Å². The first-order valence-electron chi connectivity index (χ1n) is 6.85. The maximum atomic E-state index is 13.3. The first kappa shape index (κ1) is 12.6. The molecular formula is C15H19FN2O. The summed E-state index contributed by atoms with van der Waals surface area (Å²) in [5.41, 5.74) is 4.61. The summed E-state index contributed by atoms with van der Waals surface area (Å²) >= 11 is 0. The van der Waals surface area contributed by atoms with Gasteiger partial charge in [-0.2, -0.15) is 0 Å². The van der Waals surface area contributed by atoms with Crippen LogP contribution in [0, 0.1) is 18.7 Å². The Hall–Kier alpha value is -1.39. The zero-order valence-electron chi connectivity index (χ0n) is 11.1. The molecule has 1 aromatic heterocycles. The van der Waals surface area contributed by atoms with Crippen molar-refractivity contribution >= 4 is 11.0 Å². The van der Waals surface area contributed by atoms with Crippen molar-refractivity contribution in [2.45, 2.75) is 38.6 Å². The van der Waals surface area contributed by atoms with E-state index in [0.717, 1.165) is 22.3 Å². The second-order valence-corrected chi connectivity index (χ2v) is 5.42. The van der Waals surface area contributed by atoms with Gasteiger partial charge in [0.2, 0.25) is 0 Å². The summed E-state index contributed by atoms with van der Waals surface area (Å²) in [6.45, 7) is 1.97. The summed E-state index contributed by atoms with van der Waals surface area (Å²) in [6.07, 6.45) is 4.83. The van der Waals surface area contributed by atoms with Gasteiger partial charge in [0.15, 0.2) is 0 Å². The molecule has 1 unspecified atom stereocenters. The number of rotatable bonds is 3. The third-order valence-corrected chi connectivity index (χ3v) is 4.27. The molecule has 3 rings (SSSR count). The van der Waals surface area contributed by atoms with Crippen molar-refractivity contribution in [3.8, 4) is 0 Å². The third kappa shape index (κ3) is 2.15. The highest BCUT2D eigenvalue weighted by Crippen LogP contribution is 2.39. The van der Waals surface area contributed by atoms with Gasteiger partial charge >= 0.3 is 0 Å². The summed E-state index contributed by atoms with van der Waals surface area (Å²) in [7, 11) is 0. The van der Waals surface area contributed by atoms with Gasteiger partial charge in [0, 0.05) is 10.9 Å². The number of hydrazine groups is 1. The molecule has 1 fully saturated rings. The van der Waals surface area contributed by atoms with Crippen molar-refractivity contribution in [2.24, 2.45) is 11.8 Å². The number of hydrogen-bond donors (Lipinski definition) is 2. The lowest BCUT2D eigenvalue weighted by molar-refractivity contribution is 0.321. The lowest BCUT2D eigenvalue weighted by Gasteiger charge is -2.21. The van der Waals surface area contributed by atoms with E-state index in [9.17, 15) is 4.39 Å². The maximum Gasteiger partial charge on any atom is 0.134 e. The molecule has 19 heavy (non-hydrogen) atoms. The molecule has 1 saturated carbocycles. The highest BCUT2D eigenvalue weighted by molar-refractivity contribution is 5.82. The Labute approximate surface area is 111 Å². The Morgan fingerprint density at radius 3 is 2.79 bits per heavy atom. The molecule has 3 N–H and O–H groups in total. The number of halogens is 1. The fourth-order valence-electron chi connectivity index (χ4n) is 3.23. The second-order valence-electron chi connectivity index (χ2n) is 5.42. The molecule has 0 amide bonds. The molecular weight excluding hydrogens is 243 g/mol. The van der Waals surface area contributed by atoms with Crippen LogP contribution in [0.25, 0.3) is 11.0 Å². The quantitative estimate of drug-likeness (QED) is 0.656. The molecule has 0 saturated heterocycles. The van der Waals surface area contributed by atoms with Crippen LogP contribution in [0.5, 0.6) is 0 Å². The Balaban J connectivity index is 2.05. The lowest BCUT2D eigenvalue weighted by Crippen LogP contribution is -2.32. The highest BCUT2D eigenvalue weighted by atomic mass is 19.1. The van der Waals surface area contributed by atoms with Gasteiger partial charge in [0.1, 0.15) is 17.2 Å². The van der Waals surface area contributed by atoms with Crippen molar-refractivity contribution in [3.63, 3.8) is 0 Å². The van der Waals surface area contributed by atoms with E-state index in [0.29, 0.717) is 5.92 Å². The number of hydrogen-bond acceptors (Lipinski definition) is 3. The molecule has 1 heterocycles. The average Bonchev–Trinajstić information content (AvgIpc) is 3.02. The largest absolute Gasteiger partial charge is 0.459 e. The standard InChI is InChI=1S/C15H19FN2O/c1-9-12-8-11(16)6-7-13(12)19-15(9)14(18-17)10-4-2-3-5-10/h6-8,10,14,18H,2-5,17H2,1H3. The van der Waals surface area contributed by atoms with Crippen molar-refractivity contribution in [3.05, 3.63) is 35.3 Å². The number of furan rings is 1. The van der Waals surface area contributed by atoms with E-state index in [1.54, 1.807) is 6.07 Å². The second kappa shape index (κ2) is 4.94. The number of nitrogens with two attached hydrogens (primary N) is 1. The van der Waals surface area contributed by atoms with Gasteiger partial charge < -0.3 is 4.42 Å². The summed E-state index contributed by atoms with van der Waals surface area (Å²) < 4.78 is 19.2. The fourth-order valence-corrected chi connectivity index (χ4v) is 3.23. The van der Waals surface area contributed by atoms with Gasteiger partial charge in [-0.3, -0.25) is 5.84 Å². The minimum Gasteiger partial charge on any atom is -0.459 e. The SMILES string of the molecule is Cc1c(C(NN)C2CCCC2)oc2ccc(F)cc12. The predicted octanol–water partition coefficient (Wildman–Crippen LogP) is 3.57. The van der Waals surface area contributed by atoms with E-state index >= 15 is 0 Å². The molecule has 1 aromatic carbocycles. The molecule has 1 aliphatic carbocycles. The van der Waals surface area contributed by atoms with Crippen LogP contribution in [0.3, 0.4) is 0 Å². The van der Waals surface area contributed by atoms with E-state index in [1.807, 2.05) is 6.92 Å². The van der Waals surface area contributed by atoms with Crippen molar-refractivity contribution in [1.82, 2.24) is 5.43 Å². The van der Waals surface area contributed by atoms with E-state index < -0.39 is 0 Å². The van der Waals surface area contributed by atoms with Gasteiger partial charge in [-0.05, 0) is 43.9 Å². The molecule has 102 valence electrons. The third-order valence-electron chi connectivity index (χ3n) is 4.27. The topological polar surface area (TPSA) is 51.2 Å². The normalized spacial score (nSPS) is 18.3. The molecule has 2 aromatic rings. The smallest absolute Gasteiger partial charge is 0.134 e. The van der Waals surface area contributed by atoms with Gasteiger partial charge in [-0.15, -0.1) is 0 Å². The number of benzene rings is 1. The van der Waals surface area contributed by atoms with E-state index in [-0.39, 0.29) is 11.9 Å². The lowest BCUT2D eigenvalue weighted by atomic mass is 9.94. The average molecular weight is 262 g/mol. The minimum absolute atomic E-state index is 0.0259. The Morgan fingerprint density at radius 2 is 2.11 bits per heavy atom. The van der Waals surface area contributed by atoms with Crippen LogP contribution in [0.1, 0.15) is 43.0 Å². The van der Waals surface area contributed by atoms with Crippen LogP contribution in [-0.2, 0) is 0 Å². The van der Waals surface area contributed by atoms with Gasteiger partial charge in [-0.1, -0.05) is 12.8 Å². The number of aryl methyl sites for hydroxylation is 1. The fraction of sp³-hybridized carbons (Fsp3) is 0.467. The van der Waals surface area contributed by atoms with E-state index in [2.05, 4.69) is 5.43 Å². The van der Waals surface area contributed by atoms with E-state index in [1.165, 1.54) is 37.8 Å². The van der Waals surface area contributed by atoms with Crippen molar-refractivity contribution in [2.75, 3.05) is 0 Å². The molecule has 0 bridgehead atoms. The van der Waals surface area contributed by atoms with E-state index in [4.69, 9.17) is 10.3 Å². The predicted molar refractivity (Wildman–Crippen MR) is 72.9 cm³/mol. The Bertz CT molecular complexity index is 587. The molecule has 0 spiro atoms. The van der Waals surface area contributed by atoms with Gasteiger partial charge in [0.05, 0.1) is 6.04 Å². The van der Waals surface area contributed by atoms with Crippen LogP contribution < -0.4 is 11.3 Å². The summed E-state index contributed by atoms with van der Waals surface area (Å²) in [5.74, 6) is 6.85. The van der Waals surface area contributed by atoms with Crippen LogP contribution in [0.4, 0.5) is 4.39 Å².